The highest BCUT2D eigenvalue weighted by molar-refractivity contribution is 7.90. The van der Waals surface area contributed by atoms with Gasteiger partial charge in [0.25, 0.3) is 0 Å². The lowest BCUT2D eigenvalue weighted by Gasteiger charge is -2.35. The lowest BCUT2D eigenvalue weighted by molar-refractivity contribution is -0.137. The first-order valence-corrected chi connectivity index (χ1v) is 10.7. The molecule has 0 aromatic heterocycles. The van der Waals surface area contributed by atoms with E-state index in [1.807, 2.05) is 0 Å². The molecule has 0 radical (unpaired) electrons. The maximum absolute atomic E-state index is 12.8. The van der Waals surface area contributed by atoms with Crippen LogP contribution in [0.4, 0.5) is 18.9 Å². The van der Waals surface area contributed by atoms with Crippen LogP contribution in [0, 0.1) is 0 Å². The van der Waals surface area contributed by atoms with Crippen molar-refractivity contribution in [2.24, 2.45) is 0 Å². The van der Waals surface area contributed by atoms with Crippen molar-refractivity contribution in [2.45, 2.75) is 24.1 Å². The van der Waals surface area contributed by atoms with Crippen LogP contribution in [0.5, 0.6) is 0 Å². The van der Waals surface area contributed by atoms with E-state index in [4.69, 9.17) is 4.74 Å². The van der Waals surface area contributed by atoms with Crippen LogP contribution in [0.1, 0.15) is 34.5 Å². The van der Waals surface area contributed by atoms with E-state index in [1.165, 1.54) is 37.3 Å². The zero-order valence-electron chi connectivity index (χ0n) is 15.9. The fourth-order valence-electron chi connectivity index (χ4n) is 3.25. The summed E-state index contributed by atoms with van der Waals surface area (Å²) in [4.78, 5) is 13.6. The Kier molecular flexibility index (Phi) is 5.73. The van der Waals surface area contributed by atoms with Crippen LogP contribution in [0.3, 0.4) is 0 Å². The molecular formula is C20H20F3NO4S. The molecule has 1 aliphatic heterocycles. The first kappa shape index (κ1) is 21.3. The van der Waals surface area contributed by atoms with E-state index in [1.54, 1.807) is 4.90 Å². The van der Waals surface area contributed by atoms with Crippen LogP contribution in [-0.2, 0) is 20.8 Å². The van der Waals surface area contributed by atoms with Crippen molar-refractivity contribution in [3.05, 3.63) is 59.2 Å². The molecule has 0 bridgehead atoms. The summed E-state index contributed by atoms with van der Waals surface area (Å²) < 4.78 is 68.5. The molecule has 9 heteroatoms. The lowest BCUT2D eigenvalue weighted by atomic mass is 10.0. The van der Waals surface area contributed by atoms with Gasteiger partial charge < -0.3 is 9.64 Å². The predicted molar refractivity (Wildman–Crippen MR) is 102 cm³/mol. The van der Waals surface area contributed by atoms with E-state index in [0.717, 1.165) is 18.4 Å². The molecule has 2 aromatic rings. The number of ether oxygens (including phenoxy) is 1. The van der Waals surface area contributed by atoms with Crippen molar-refractivity contribution >= 4 is 21.3 Å². The fraction of sp³-hybridized carbons (Fsp3) is 0.350. The predicted octanol–water partition coefficient (Wildman–Crippen LogP) is 3.89. The average molecular weight is 427 g/mol. The molecule has 0 amide bonds. The van der Waals surface area contributed by atoms with Crippen molar-refractivity contribution in [2.75, 3.05) is 30.9 Å². The van der Waals surface area contributed by atoms with E-state index in [2.05, 4.69) is 0 Å². The van der Waals surface area contributed by atoms with E-state index < -0.39 is 27.7 Å². The number of sulfone groups is 1. The normalized spacial score (nSPS) is 18.0. The van der Waals surface area contributed by atoms with Gasteiger partial charge >= 0.3 is 6.18 Å². The van der Waals surface area contributed by atoms with Gasteiger partial charge in [-0.3, -0.25) is 4.79 Å². The molecule has 156 valence electrons. The average Bonchev–Trinajstić information content (AvgIpc) is 2.66. The molecule has 1 aliphatic rings. The van der Waals surface area contributed by atoms with Gasteiger partial charge in [0.05, 0.1) is 22.8 Å². The molecule has 5 nitrogen and oxygen atoms in total. The van der Waals surface area contributed by atoms with Crippen molar-refractivity contribution in [1.29, 1.82) is 0 Å². The number of ketones is 1. The van der Waals surface area contributed by atoms with Crippen LogP contribution >= 0.6 is 0 Å². The zero-order valence-corrected chi connectivity index (χ0v) is 16.7. The van der Waals surface area contributed by atoms with Crippen molar-refractivity contribution in [3.63, 3.8) is 0 Å². The monoisotopic (exact) mass is 427 g/mol. The number of hydrogen-bond donors (Lipinski definition) is 0. The molecule has 0 saturated carbocycles. The Balaban J connectivity index is 1.93. The van der Waals surface area contributed by atoms with Crippen molar-refractivity contribution in [1.82, 2.24) is 0 Å². The van der Waals surface area contributed by atoms with Crippen LogP contribution in [-0.4, -0.2) is 40.2 Å². The summed E-state index contributed by atoms with van der Waals surface area (Å²) >= 11 is 0. The molecule has 0 aliphatic carbocycles. The van der Waals surface area contributed by atoms with Gasteiger partial charge in [-0.15, -0.1) is 0 Å². The summed E-state index contributed by atoms with van der Waals surface area (Å²) in [6.07, 6.45) is -3.86. The largest absolute Gasteiger partial charge is 0.416 e. The second-order valence-electron chi connectivity index (χ2n) is 6.94. The van der Waals surface area contributed by atoms with Gasteiger partial charge in [0.1, 0.15) is 6.10 Å². The molecule has 0 N–H and O–H groups in total. The van der Waals surface area contributed by atoms with Crippen molar-refractivity contribution < 1.29 is 31.1 Å². The van der Waals surface area contributed by atoms with Gasteiger partial charge in [-0.05, 0) is 42.8 Å². The number of hydrogen-bond acceptors (Lipinski definition) is 5. The first-order chi connectivity index (χ1) is 13.5. The minimum atomic E-state index is -4.42. The van der Waals surface area contributed by atoms with Gasteiger partial charge in [-0.1, -0.05) is 12.1 Å². The molecule has 2 aromatic carbocycles. The summed E-state index contributed by atoms with van der Waals surface area (Å²) in [7, 11) is -3.55. The molecule has 0 spiro atoms. The van der Waals surface area contributed by atoms with Gasteiger partial charge in [-0.2, -0.15) is 13.2 Å². The number of nitrogens with zero attached hydrogens (tertiary/aromatic N) is 1. The quantitative estimate of drug-likeness (QED) is 0.693. The van der Waals surface area contributed by atoms with Gasteiger partial charge in [-0.25, -0.2) is 8.42 Å². The van der Waals surface area contributed by atoms with Crippen LogP contribution in [0.15, 0.2) is 47.4 Å². The Morgan fingerprint density at radius 1 is 1.14 bits per heavy atom. The summed E-state index contributed by atoms with van der Waals surface area (Å²) in [5.74, 6) is -0.196. The van der Waals surface area contributed by atoms with Gasteiger partial charge in [0, 0.05) is 24.9 Å². The number of benzene rings is 2. The Morgan fingerprint density at radius 2 is 1.79 bits per heavy atom. The SMILES string of the molecule is CC(=O)c1ccc(S(C)(=O)=O)c(N2CCOC(c3ccc(C(F)(F)F)cc3)C2)c1. The third-order valence-electron chi connectivity index (χ3n) is 4.78. The summed E-state index contributed by atoms with van der Waals surface area (Å²) in [6.45, 7) is 2.29. The lowest BCUT2D eigenvalue weighted by Crippen LogP contribution is -2.39. The van der Waals surface area contributed by atoms with Crippen molar-refractivity contribution in [3.8, 4) is 0 Å². The number of rotatable bonds is 4. The van der Waals surface area contributed by atoms with Gasteiger partial charge in [0.15, 0.2) is 15.6 Å². The molecule has 1 unspecified atom stereocenters. The number of alkyl halides is 3. The highest BCUT2D eigenvalue weighted by Gasteiger charge is 2.31. The Hall–Kier alpha value is -2.39. The van der Waals surface area contributed by atoms with Gasteiger partial charge in [0.2, 0.25) is 0 Å². The fourth-order valence-corrected chi connectivity index (χ4v) is 4.14. The second-order valence-corrected chi connectivity index (χ2v) is 8.92. The van der Waals surface area contributed by atoms with Crippen LogP contribution in [0.25, 0.3) is 0 Å². The standard InChI is InChI=1S/C20H20F3NO4S/c1-13(25)15-5-8-19(29(2,26)27)17(11-15)24-9-10-28-18(12-24)14-3-6-16(7-4-14)20(21,22)23/h3-8,11,18H,9-10,12H2,1-2H3. The molecule has 1 saturated heterocycles. The maximum Gasteiger partial charge on any atom is 0.416 e. The van der Waals surface area contributed by atoms with Crippen LogP contribution in [0.2, 0.25) is 0 Å². The van der Waals surface area contributed by atoms with E-state index in [9.17, 15) is 26.4 Å². The molecule has 1 heterocycles. The Bertz CT molecular complexity index is 1020. The molecular weight excluding hydrogens is 407 g/mol. The number of Topliss-reactive ketones (excluding diaryl/α,β-unsaturated/α-hetero) is 1. The summed E-state index contributed by atoms with van der Waals surface area (Å²) in [5, 5.41) is 0. The van der Waals surface area contributed by atoms with E-state index in [0.29, 0.717) is 23.4 Å². The molecule has 1 fully saturated rings. The molecule has 29 heavy (non-hydrogen) atoms. The number of halogens is 3. The molecule has 1 atom stereocenters. The second kappa shape index (κ2) is 7.79. The maximum atomic E-state index is 12.8. The molecule has 3 rings (SSSR count). The summed E-state index contributed by atoms with van der Waals surface area (Å²) in [6, 6.07) is 9.13. The third kappa shape index (κ3) is 4.79. The third-order valence-corrected chi connectivity index (χ3v) is 5.93. The smallest absolute Gasteiger partial charge is 0.370 e. The summed E-state index contributed by atoms with van der Waals surface area (Å²) in [5.41, 5.74) is 0.583. The Morgan fingerprint density at radius 3 is 2.34 bits per heavy atom. The minimum absolute atomic E-state index is 0.0931. The topological polar surface area (TPSA) is 63.7 Å². The van der Waals surface area contributed by atoms with E-state index in [-0.39, 0.29) is 23.8 Å². The highest BCUT2D eigenvalue weighted by Crippen LogP contribution is 2.34. The number of carbonyl (C=O) groups excluding carboxylic acids is 1. The zero-order chi connectivity index (χ0) is 21.4. The van der Waals surface area contributed by atoms with E-state index >= 15 is 0 Å². The number of morpholine rings is 1. The number of anilines is 1. The number of carbonyl (C=O) groups is 1. The van der Waals surface area contributed by atoms with Crippen LogP contribution < -0.4 is 4.90 Å². The first-order valence-electron chi connectivity index (χ1n) is 8.85. The Labute approximate surface area is 167 Å². The highest BCUT2D eigenvalue weighted by atomic mass is 32.2. The minimum Gasteiger partial charge on any atom is -0.370 e.